The number of carbonyl (C=O) groups is 1. The molecular weight excluding hydrogens is 300 g/mol. The first kappa shape index (κ1) is 19.5. The number of aromatic nitrogens is 2. The Kier molecular flexibility index (Phi) is 8.66. The zero-order valence-electron chi connectivity index (χ0n) is 14.1. The fraction of sp³-hybridized carbons (Fsp3) is 0.706. The van der Waals surface area contributed by atoms with Gasteiger partial charge in [-0.15, -0.1) is 0 Å². The monoisotopic (exact) mass is 327 g/mol. The Morgan fingerprint density at radius 2 is 1.74 bits per heavy atom. The van der Waals surface area contributed by atoms with E-state index in [0.717, 1.165) is 51.6 Å². The first-order chi connectivity index (χ1) is 11.0. The number of alkyl halides is 2. The molecule has 0 saturated heterocycles. The maximum absolute atomic E-state index is 13.4. The number of hydrogen-bond acceptors (Lipinski definition) is 3. The Hall–Kier alpha value is -1.59. The maximum atomic E-state index is 13.4. The van der Waals surface area contributed by atoms with Crippen molar-refractivity contribution in [3.8, 4) is 0 Å². The van der Waals surface area contributed by atoms with Crippen LogP contribution in [0.2, 0.25) is 0 Å². The molecule has 1 aromatic rings. The third-order valence-electron chi connectivity index (χ3n) is 3.83. The normalized spacial score (nSPS) is 11.5. The number of aryl methyl sites for hydroxylation is 1. The van der Waals surface area contributed by atoms with E-state index in [1.165, 1.54) is 19.3 Å². The molecule has 130 valence electrons. The lowest BCUT2D eigenvalue weighted by Gasteiger charge is -2.15. The maximum Gasteiger partial charge on any atom is 0.275 e. The van der Waals surface area contributed by atoms with Crippen LogP contribution < -0.4 is 0 Å². The van der Waals surface area contributed by atoms with E-state index in [1.54, 1.807) is 4.90 Å². The van der Waals surface area contributed by atoms with Gasteiger partial charge in [0.05, 0.1) is 5.56 Å². The molecule has 0 spiro atoms. The summed E-state index contributed by atoms with van der Waals surface area (Å²) >= 11 is 0. The number of carbonyl (C=O) groups excluding carboxylic acids is 1. The summed E-state index contributed by atoms with van der Waals surface area (Å²) < 4.78 is 26.9. The average molecular weight is 327 g/mol. The summed E-state index contributed by atoms with van der Waals surface area (Å²) in [6, 6.07) is 0. The molecule has 1 rings (SSSR count). The van der Waals surface area contributed by atoms with E-state index in [9.17, 15) is 13.6 Å². The molecule has 0 unspecified atom stereocenters. The Labute approximate surface area is 137 Å². The summed E-state index contributed by atoms with van der Waals surface area (Å²) in [7, 11) is 0. The molecule has 6 heteroatoms. The van der Waals surface area contributed by atoms with Crippen LogP contribution in [0.15, 0.2) is 12.4 Å². The highest BCUT2D eigenvalue weighted by Gasteiger charge is 2.29. The quantitative estimate of drug-likeness (QED) is 0.431. The minimum absolute atomic E-state index is 0.117. The second-order valence-electron chi connectivity index (χ2n) is 5.75. The first-order valence-electron chi connectivity index (χ1n) is 8.42. The molecule has 1 aromatic heterocycles. The Bertz CT molecular complexity index is 452. The average Bonchev–Trinajstić information content (AvgIpc) is 2.57. The van der Waals surface area contributed by atoms with Gasteiger partial charge in [0.2, 0.25) is 6.41 Å². The van der Waals surface area contributed by atoms with Crippen molar-refractivity contribution in [2.75, 3.05) is 13.1 Å². The van der Waals surface area contributed by atoms with Crippen molar-refractivity contribution in [3.05, 3.63) is 23.8 Å². The number of nitrogens with zero attached hydrogens (tertiary/aromatic N) is 3. The van der Waals surface area contributed by atoms with Crippen molar-refractivity contribution in [1.29, 1.82) is 0 Å². The fourth-order valence-corrected chi connectivity index (χ4v) is 2.33. The molecule has 0 fully saturated rings. The zero-order chi connectivity index (χ0) is 17.1. The predicted molar refractivity (Wildman–Crippen MR) is 86.3 cm³/mol. The summed E-state index contributed by atoms with van der Waals surface area (Å²) in [5.41, 5.74) is -0.117. The highest BCUT2D eigenvalue weighted by molar-refractivity contribution is 5.46. The van der Waals surface area contributed by atoms with E-state index < -0.39 is 5.92 Å². The van der Waals surface area contributed by atoms with Gasteiger partial charge in [-0.05, 0) is 19.3 Å². The molecule has 0 aliphatic heterocycles. The van der Waals surface area contributed by atoms with Crippen LogP contribution in [0.4, 0.5) is 8.78 Å². The molecule has 0 atom stereocenters. The minimum Gasteiger partial charge on any atom is -0.345 e. The van der Waals surface area contributed by atoms with E-state index >= 15 is 0 Å². The van der Waals surface area contributed by atoms with Crippen LogP contribution >= 0.6 is 0 Å². The number of hydrogen-bond donors (Lipinski definition) is 0. The molecule has 1 heterocycles. The summed E-state index contributed by atoms with van der Waals surface area (Å²) in [6.45, 7) is 5.11. The lowest BCUT2D eigenvalue weighted by Crippen LogP contribution is -2.23. The third-order valence-corrected chi connectivity index (χ3v) is 3.83. The van der Waals surface area contributed by atoms with Gasteiger partial charge in [-0.1, -0.05) is 26.7 Å². The molecule has 0 N–H and O–H groups in total. The van der Waals surface area contributed by atoms with Crippen LogP contribution in [0.3, 0.4) is 0 Å². The fourth-order valence-electron chi connectivity index (χ4n) is 2.33. The largest absolute Gasteiger partial charge is 0.345 e. The van der Waals surface area contributed by atoms with Crippen molar-refractivity contribution >= 4 is 6.41 Å². The van der Waals surface area contributed by atoms with Gasteiger partial charge < -0.3 is 4.90 Å². The van der Waals surface area contributed by atoms with E-state index in [4.69, 9.17) is 0 Å². The van der Waals surface area contributed by atoms with Crippen LogP contribution in [0.5, 0.6) is 0 Å². The van der Waals surface area contributed by atoms with E-state index in [-0.39, 0.29) is 12.0 Å². The molecule has 23 heavy (non-hydrogen) atoms. The summed E-state index contributed by atoms with van der Waals surface area (Å²) in [4.78, 5) is 20.6. The van der Waals surface area contributed by atoms with Crippen LogP contribution in [0.1, 0.15) is 63.8 Å². The van der Waals surface area contributed by atoms with Crippen molar-refractivity contribution in [2.24, 2.45) is 0 Å². The molecule has 0 radical (unpaired) electrons. The standard InChI is InChI=1S/C17H27F2N3O/c1-3-10-22(14-23)11-8-6-5-7-9-16-20-12-15(13-21-16)17(18,19)4-2/h12-14H,3-11H2,1-2H3. The highest BCUT2D eigenvalue weighted by Crippen LogP contribution is 2.29. The third kappa shape index (κ3) is 7.01. The zero-order valence-corrected chi connectivity index (χ0v) is 14.1. The molecular formula is C17H27F2N3O. The van der Waals surface area contributed by atoms with Gasteiger partial charge in [-0.3, -0.25) is 4.79 Å². The van der Waals surface area contributed by atoms with Crippen LogP contribution in [0.25, 0.3) is 0 Å². The van der Waals surface area contributed by atoms with Crippen LogP contribution in [-0.2, 0) is 17.1 Å². The molecule has 0 aromatic carbocycles. The first-order valence-corrected chi connectivity index (χ1v) is 8.42. The van der Waals surface area contributed by atoms with Gasteiger partial charge in [-0.2, -0.15) is 0 Å². The van der Waals surface area contributed by atoms with Gasteiger partial charge in [-0.25, -0.2) is 18.7 Å². The molecule has 4 nitrogen and oxygen atoms in total. The number of amides is 1. The van der Waals surface area contributed by atoms with Crippen molar-refractivity contribution in [2.45, 2.75) is 64.7 Å². The highest BCUT2D eigenvalue weighted by atomic mass is 19.3. The molecule has 1 amide bonds. The Morgan fingerprint density at radius 3 is 2.30 bits per heavy atom. The summed E-state index contributed by atoms with van der Waals surface area (Å²) in [5.74, 6) is -2.23. The van der Waals surface area contributed by atoms with E-state index in [0.29, 0.717) is 12.2 Å². The minimum atomic E-state index is -2.85. The molecule has 0 aliphatic carbocycles. The smallest absolute Gasteiger partial charge is 0.275 e. The van der Waals surface area contributed by atoms with Gasteiger partial charge >= 0.3 is 0 Å². The molecule has 0 aliphatic rings. The van der Waals surface area contributed by atoms with Gasteiger partial charge in [0.15, 0.2) is 0 Å². The van der Waals surface area contributed by atoms with Crippen LogP contribution in [0, 0.1) is 0 Å². The predicted octanol–water partition coefficient (Wildman–Crippen LogP) is 3.95. The molecule has 0 bridgehead atoms. The van der Waals surface area contributed by atoms with Crippen molar-refractivity contribution in [3.63, 3.8) is 0 Å². The second-order valence-corrected chi connectivity index (χ2v) is 5.75. The SMILES string of the molecule is CCCN(C=O)CCCCCCc1ncc(C(F)(F)CC)cn1. The number of rotatable bonds is 12. The summed E-state index contributed by atoms with van der Waals surface area (Å²) in [5, 5.41) is 0. The number of halogens is 2. The van der Waals surface area contributed by atoms with Crippen molar-refractivity contribution < 1.29 is 13.6 Å². The Balaban J connectivity index is 2.22. The summed E-state index contributed by atoms with van der Waals surface area (Å²) in [6.07, 6.45) is 8.79. The van der Waals surface area contributed by atoms with Gasteiger partial charge in [0, 0.05) is 38.3 Å². The second kappa shape index (κ2) is 10.2. The van der Waals surface area contributed by atoms with E-state index in [1.807, 2.05) is 0 Å². The topological polar surface area (TPSA) is 46.1 Å². The van der Waals surface area contributed by atoms with Crippen molar-refractivity contribution in [1.82, 2.24) is 14.9 Å². The lowest BCUT2D eigenvalue weighted by atomic mass is 10.1. The number of unbranched alkanes of at least 4 members (excludes halogenated alkanes) is 3. The van der Waals surface area contributed by atoms with Gasteiger partial charge in [0.25, 0.3) is 5.92 Å². The Morgan fingerprint density at radius 1 is 1.09 bits per heavy atom. The van der Waals surface area contributed by atoms with Crippen LogP contribution in [-0.4, -0.2) is 34.4 Å². The molecule has 0 saturated carbocycles. The lowest BCUT2D eigenvalue weighted by molar-refractivity contribution is -0.118. The van der Waals surface area contributed by atoms with Gasteiger partial charge in [0.1, 0.15) is 5.82 Å². The van der Waals surface area contributed by atoms with E-state index in [2.05, 4.69) is 16.9 Å².